The first-order valence-electron chi connectivity index (χ1n) is 7.68. The molecule has 0 amide bonds. The van der Waals surface area contributed by atoms with Gasteiger partial charge in [0.05, 0.1) is 21.1 Å². The van der Waals surface area contributed by atoms with Crippen LogP contribution >= 0.6 is 0 Å². The predicted octanol–water partition coefficient (Wildman–Crippen LogP) is 1.88. The molecule has 1 N–H and O–H groups in total. The van der Waals surface area contributed by atoms with E-state index in [2.05, 4.69) is 0 Å². The molecule has 0 aliphatic carbocycles. The summed E-state index contributed by atoms with van der Waals surface area (Å²) < 4.78 is 66.7. The Balaban J connectivity index is 1.99. The second-order valence-corrected chi connectivity index (χ2v) is 8.91. The fourth-order valence-electron chi connectivity index (χ4n) is 3.28. The Bertz CT molecular complexity index is 1100. The summed E-state index contributed by atoms with van der Waals surface area (Å²) in [4.78, 5) is -0.139. The second kappa shape index (κ2) is 6.17. The Morgan fingerprint density at radius 3 is 2.44 bits per heavy atom. The maximum Gasteiger partial charge on any atom is 0.295 e. The van der Waals surface area contributed by atoms with Crippen LogP contribution in [0.5, 0.6) is 0 Å². The van der Waals surface area contributed by atoms with E-state index in [1.165, 1.54) is 6.07 Å². The van der Waals surface area contributed by atoms with Crippen LogP contribution in [0, 0.1) is 0 Å². The number of hydrogen-bond acceptors (Lipinski definition) is 5. The molecule has 0 bridgehead atoms. The van der Waals surface area contributed by atoms with Crippen LogP contribution in [0.15, 0.2) is 35.2 Å². The first-order valence-corrected chi connectivity index (χ1v) is 10.7. The van der Waals surface area contributed by atoms with E-state index in [9.17, 15) is 25.9 Å². The summed E-state index contributed by atoms with van der Waals surface area (Å²) in [6.07, 6.45) is 0.770. The quantitative estimate of drug-likeness (QED) is 0.463. The summed E-state index contributed by atoms with van der Waals surface area (Å²) in [5.74, 6) is -0.399. The van der Waals surface area contributed by atoms with E-state index in [0.29, 0.717) is 18.4 Å². The fraction of sp³-hybridized carbons (Fsp3) is 0.312. The van der Waals surface area contributed by atoms with Crippen molar-refractivity contribution in [3.63, 3.8) is 0 Å². The van der Waals surface area contributed by atoms with Crippen LogP contribution in [0.3, 0.4) is 0 Å². The molecule has 134 valence electrons. The molecular formula is C16H17NO6S2. The van der Waals surface area contributed by atoms with Crippen LogP contribution in [-0.2, 0) is 20.2 Å². The van der Waals surface area contributed by atoms with Crippen molar-refractivity contribution >= 4 is 42.4 Å². The predicted molar refractivity (Wildman–Crippen MR) is 92.1 cm³/mol. The number of hydrogen-bond donors (Lipinski definition) is 1. The van der Waals surface area contributed by atoms with Crippen molar-refractivity contribution < 1.29 is 30.5 Å². The van der Waals surface area contributed by atoms with Gasteiger partial charge in [-0.25, -0.2) is 8.42 Å². The number of benzene rings is 2. The zero-order valence-electron chi connectivity index (χ0n) is 13.5. The van der Waals surface area contributed by atoms with Crippen molar-refractivity contribution in [3.8, 4) is 0 Å². The number of unbranched alkanes of at least 4 members (excludes halogenated alkanes) is 1. The molecule has 0 saturated carbocycles. The molecular weight excluding hydrogens is 366 g/mol. The van der Waals surface area contributed by atoms with E-state index < -0.39 is 26.0 Å². The molecule has 2 aromatic rings. The minimum atomic E-state index is -4.34. The Labute approximate surface area is 146 Å². The highest BCUT2D eigenvalue weighted by Gasteiger charge is 2.31. The lowest BCUT2D eigenvalue weighted by atomic mass is 10.0. The van der Waals surface area contributed by atoms with Crippen LogP contribution in [0.2, 0.25) is 0 Å². The third-order valence-electron chi connectivity index (χ3n) is 4.37. The van der Waals surface area contributed by atoms with Gasteiger partial charge < -0.3 is 4.55 Å². The molecule has 0 spiro atoms. The van der Waals surface area contributed by atoms with E-state index >= 15 is 0 Å². The Morgan fingerprint density at radius 2 is 1.80 bits per heavy atom. The Kier molecular flexibility index (Phi) is 4.44. The summed E-state index contributed by atoms with van der Waals surface area (Å²) in [5.41, 5.74) is 2.59. The van der Waals surface area contributed by atoms with Gasteiger partial charge in [-0.3, -0.25) is 4.55 Å². The minimum absolute atomic E-state index is 0.139. The highest BCUT2D eigenvalue weighted by molar-refractivity contribution is 7.86. The molecule has 2 aromatic carbocycles. The number of nitrogens with zero attached hydrogens (tertiary/aromatic N) is 1. The second-order valence-electron chi connectivity index (χ2n) is 5.99. The third-order valence-corrected chi connectivity index (χ3v) is 6.07. The molecule has 25 heavy (non-hydrogen) atoms. The lowest BCUT2D eigenvalue weighted by Crippen LogP contribution is -2.14. The van der Waals surface area contributed by atoms with Crippen LogP contribution in [-0.4, -0.2) is 48.5 Å². The maximum atomic E-state index is 11.6. The van der Waals surface area contributed by atoms with Gasteiger partial charge in [0.25, 0.3) is 10.1 Å². The summed E-state index contributed by atoms with van der Waals surface area (Å²) in [5, 5.41) is 1.19. The lowest BCUT2D eigenvalue weighted by Gasteiger charge is -2.06. The van der Waals surface area contributed by atoms with E-state index in [4.69, 9.17) is 0 Å². The topological polar surface area (TPSA) is 115 Å². The van der Waals surface area contributed by atoms with Crippen molar-refractivity contribution in [3.05, 3.63) is 35.9 Å². The van der Waals surface area contributed by atoms with Crippen molar-refractivity contribution in [1.29, 1.82) is 0 Å². The lowest BCUT2D eigenvalue weighted by molar-refractivity contribution is -0.437. The molecule has 1 aliphatic heterocycles. The zero-order valence-corrected chi connectivity index (χ0v) is 15.1. The summed E-state index contributed by atoms with van der Waals surface area (Å²) in [6, 6.07) is 8.25. The molecule has 0 radical (unpaired) electrons. The van der Waals surface area contributed by atoms with Gasteiger partial charge in [-0.2, -0.15) is 13.0 Å². The smallest absolute Gasteiger partial charge is 0.295 e. The fourth-order valence-corrected chi connectivity index (χ4v) is 4.52. The molecule has 7 nitrogen and oxygen atoms in total. The average Bonchev–Trinajstić information content (AvgIpc) is 2.77. The molecule has 9 heteroatoms. The molecule has 0 fully saturated rings. The zero-order chi connectivity index (χ0) is 18.4. The molecule has 0 aromatic heterocycles. The summed E-state index contributed by atoms with van der Waals surface area (Å²) >= 11 is 0. The summed E-state index contributed by atoms with van der Waals surface area (Å²) in [7, 11) is -8.56. The van der Waals surface area contributed by atoms with Crippen LogP contribution in [0.25, 0.3) is 10.8 Å². The van der Waals surface area contributed by atoms with E-state index in [1.807, 2.05) is 17.6 Å². The van der Waals surface area contributed by atoms with Crippen molar-refractivity contribution in [1.82, 2.24) is 0 Å². The van der Waals surface area contributed by atoms with Gasteiger partial charge in [-0.1, -0.05) is 12.1 Å². The van der Waals surface area contributed by atoms with Gasteiger partial charge in [0.1, 0.15) is 11.4 Å². The van der Waals surface area contributed by atoms with Crippen LogP contribution in [0.4, 0.5) is 5.69 Å². The molecule has 1 heterocycles. The third kappa shape index (κ3) is 3.45. The van der Waals surface area contributed by atoms with Crippen LogP contribution in [0.1, 0.15) is 25.3 Å². The molecule has 1 aliphatic rings. The molecule has 0 unspecified atom stereocenters. The highest BCUT2D eigenvalue weighted by atomic mass is 32.2. The van der Waals surface area contributed by atoms with Gasteiger partial charge in [0.2, 0.25) is 5.69 Å². The van der Waals surface area contributed by atoms with E-state index in [1.54, 1.807) is 18.2 Å². The largest absolute Gasteiger partial charge is 0.748 e. The SMILES string of the molecule is CC1=[N+](CCCCS(=O)(=O)[O-])c2ccc(S(=O)(=O)O)c3cccc1c23. The van der Waals surface area contributed by atoms with Gasteiger partial charge in [-0.15, -0.1) is 0 Å². The van der Waals surface area contributed by atoms with Gasteiger partial charge >= 0.3 is 0 Å². The molecule has 0 atom stereocenters. The van der Waals surface area contributed by atoms with Crippen molar-refractivity contribution in [2.24, 2.45) is 0 Å². The number of rotatable bonds is 6. The summed E-state index contributed by atoms with van der Waals surface area (Å²) in [6.45, 7) is 2.41. The molecule has 3 rings (SSSR count). The standard InChI is InChI=1S/C16H17NO6S2/c1-11-12-5-4-6-13-15(25(21,22)23)8-7-14(16(12)13)17(11)9-2-3-10-24(18,19)20/h4-8H,2-3,9-10H2,1H3,(H-,18,19,20,21,22,23). The normalized spacial score (nSPS) is 14.5. The van der Waals surface area contributed by atoms with Gasteiger partial charge in [-0.05, 0) is 18.6 Å². The van der Waals surface area contributed by atoms with Crippen molar-refractivity contribution in [2.45, 2.75) is 24.7 Å². The van der Waals surface area contributed by atoms with Crippen LogP contribution < -0.4 is 0 Å². The molecule has 0 saturated heterocycles. The first kappa shape index (κ1) is 18.0. The monoisotopic (exact) mass is 383 g/mol. The maximum absolute atomic E-state index is 11.6. The Hall–Kier alpha value is -1.81. The van der Waals surface area contributed by atoms with Gasteiger partial charge in [0, 0.05) is 30.6 Å². The minimum Gasteiger partial charge on any atom is -0.748 e. The highest BCUT2D eigenvalue weighted by Crippen LogP contribution is 2.38. The Morgan fingerprint density at radius 1 is 1.08 bits per heavy atom. The van der Waals surface area contributed by atoms with E-state index in [0.717, 1.165) is 22.3 Å². The first-order chi connectivity index (χ1) is 11.6. The van der Waals surface area contributed by atoms with Gasteiger partial charge in [0.15, 0.2) is 5.71 Å². The van der Waals surface area contributed by atoms with Crippen molar-refractivity contribution in [2.75, 3.05) is 12.3 Å². The van der Waals surface area contributed by atoms with E-state index in [-0.39, 0.29) is 11.3 Å². The average molecular weight is 383 g/mol.